The number of aromatic nitrogens is 1. The number of fused-ring (bicyclic) bond motifs is 1. The van der Waals surface area contributed by atoms with Crippen molar-refractivity contribution in [2.45, 2.75) is 44.2 Å². The molecule has 154 valence electrons. The third-order valence-corrected chi connectivity index (χ3v) is 5.31. The Balaban J connectivity index is 1.70. The van der Waals surface area contributed by atoms with Crippen molar-refractivity contribution >= 4 is 28.7 Å². The zero-order valence-electron chi connectivity index (χ0n) is 16.1. The Kier molecular flexibility index (Phi) is 6.77. The van der Waals surface area contributed by atoms with Gasteiger partial charge in [-0.1, -0.05) is 30.7 Å². The third kappa shape index (κ3) is 5.08. The lowest BCUT2D eigenvalue weighted by molar-refractivity contribution is -0.142. The first kappa shape index (κ1) is 20.7. The topological polar surface area (TPSA) is 134 Å². The highest BCUT2D eigenvalue weighted by atomic mass is 16.4. The first-order valence-corrected chi connectivity index (χ1v) is 9.89. The number of aliphatic carboxylic acids is 1. The molecule has 8 nitrogen and oxygen atoms in total. The van der Waals surface area contributed by atoms with Crippen LogP contribution in [0.2, 0.25) is 0 Å². The monoisotopic (exact) mass is 398 g/mol. The molecule has 0 unspecified atom stereocenters. The lowest BCUT2D eigenvalue weighted by Gasteiger charge is -2.23. The van der Waals surface area contributed by atoms with Crippen LogP contribution in [0.15, 0.2) is 36.4 Å². The SMILES string of the molecule is NCCC[C@H](NC(=O)c1ccc2ccccc2n1)C(=O)N[C@H]1CCC[C@H]1C(=O)O. The molecule has 1 saturated carbocycles. The minimum atomic E-state index is -0.907. The Hall–Kier alpha value is -3.00. The molecule has 1 heterocycles. The van der Waals surface area contributed by atoms with E-state index in [1.165, 1.54) is 0 Å². The van der Waals surface area contributed by atoms with Gasteiger partial charge in [0.2, 0.25) is 5.91 Å². The van der Waals surface area contributed by atoms with Gasteiger partial charge >= 0.3 is 5.97 Å². The molecule has 5 N–H and O–H groups in total. The molecule has 1 aromatic heterocycles. The van der Waals surface area contributed by atoms with Crippen LogP contribution >= 0.6 is 0 Å². The number of pyridine rings is 1. The van der Waals surface area contributed by atoms with Gasteiger partial charge in [-0.05, 0) is 44.4 Å². The Morgan fingerprint density at radius 2 is 1.97 bits per heavy atom. The zero-order valence-corrected chi connectivity index (χ0v) is 16.1. The van der Waals surface area contributed by atoms with E-state index in [9.17, 15) is 19.5 Å². The number of carboxylic acids is 1. The quantitative estimate of drug-likeness (QED) is 0.531. The summed E-state index contributed by atoms with van der Waals surface area (Å²) in [5, 5.41) is 15.8. The number of nitrogens with one attached hydrogen (secondary N) is 2. The van der Waals surface area contributed by atoms with Crippen molar-refractivity contribution in [3.8, 4) is 0 Å². The van der Waals surface area contributed by atoms with E-state index in [0.29, 0.717) is 37.7 Å². The number of carboxylic acid groups (broad SMARTS) is 1. The van der Waals surface area contributed by atoms with Gasteiger partial charge in [-0.3, -0.25) is 14.4 Å². The van der Waals surface area contributed by atoms with Crippen molar-refractivity contribution in [1.82, 2.24) is 15.6 Å². The van der Waals surface area contributed by atoms with Gasteiger partial charge in [-0.25, -0.2) is 4.98 Å². The lowest BCUT2D eigenvalue weighted by Crippen LogP contribution is -2.51. The van der Waals surface area contributed by atoms with Crippen LogP contribution in [0, 0.1) is 5.92 Å². The summed E-state index contributed by atoms with van der Waals surface area (Å²) in [6.45, 7) is 0.384. The van der Waals surface area contributed by atoms with Gasteiger partial charge in [0.15, 0.2) is 0 Å². The summed E-state index contributed by atoms with van der Waals surface area (Å²) in [6.07, 6.45) is 2.83. The number of hydrogen-bond acceptors (Lipinski definition) is 5. The molecule has 0 radical (unpaired) electrons. The Morgan fingerprint density at radius 1 is 1.17 bits per heavy atom. The first-order chi connectivity index (χ1) is 14.0. The van der Waals surface area contributed by atoms with Crippen LogP contribution in [0.4, 0.5) is 0 Å². The Bertz CT molecular complexity index is 901. The molecule has 2 aromatic rings. The number of para-hydroxylation sites is 1. The molecule has 1 aliphatic rings. The van der Waals surface area contributed by atoms with E-state index < -0.39 is 29.9 Å². The highest BCUT2D eigenvalue weighted by molar-refractivity contribution is 5.98. The predicted octanol–water partition coefficient (Wildman–Crippen LogP) is 1.44. The lowest BCUT2D eigenvalue weighted by atomic mass is 10.0. The maximum absolute atomic E-state index is 12.8. The van der Waals surface area contributed by atoms with E-state index in [-0.39, 0.29) is 11.6 Å². The molecule has 0 bridgehead atoms. The summed E-state index contributed by atoms with van der Waals surface area (Å²) in [6, 6.07) is 9.67. The number of rotatable bonds is 8. The standard InChI is InChI=1S/C21H26N4O4/c22-12-4-9-17(19(26)24-16-8-3-6-14(16)21(28)29)25-20(27)18-11-10-13-5-1-2-7-15(13)23-18/h1-2,5,7,10-11,14,16-17H,3-4,6,8-9,12,22H2,(H,24,26)(H,25,27)(H,28,29)/t14-,16+,17+/m1/s1. The van der Waals surface area contributed by atoms with Crippen LogP contribution in [-0.4, -0.2) is 46.5 Å². The largest absolute Gasteiger partial charge is 0.481 e. The number of nitrogens with zero attached hydrogens (tertiary/aromatic N) is 1. The molecule has 1 aromatic carbocycles. The molecule has 8 heteroatoms. The van der Waals surface area contributed by atoms with Gasteiger partial charge in [0.1, 0.15) is 11.7 Å². The molecule has 3 rings (SSSR count). The molecule has 0 aliphatic heterocycles. The number of carbonyl (C=O) groups excluding carboxylic acids is 2. The normalized spacial score (nSPS) is 19.6. The van der Waals surface area contributed by atoms with E-state index in [2.05, 4.69) is 15.6 Å². The first-order valence-electron chi connectivity index (χ1n) is 9.89. The van der Waals surface area contributed by atoms with Gasteiger partial charge in [-0.2, -0.15) is 0 Å². The number of nitrogens with two attached hydrogens (primary N) is 1. The van der Waals surface area contributed by atoms with Crippen molar-refractivity contribution in [1.29, 1.82) is 0 Å². The van der Waals surface area contributed by atoms with E-state index in [1.54, 1.807) is 6.07 Å². The van der Waals surface area contributed by atoms with Crippen molar-refractivity contribution in [3.05, 3.63) is 42.1 Å². The third-order valence-electron chi connectivity index (χ3n) is 5.31. The number of hydrogen-bond donors (Lipinski definition) is 4. The maximum Gasteiger partial charge on any atom is 0.308 e. The molecule has 1 aliphatic carbocycles. The summed E-state index contributed by atoms with van der Waals surface area (Å²) >= 11 is 0. The highest BCUT2D eigenvalue weighted by Crippen LogP contribution is 2.26. The van der Waals surface area contributed by atoms with Crippen LogP contribution in [0.25, 0.3) is 10.9 Å². The highest BCUT2D eigenvalue weighted by Gasteiger charge is 2.35. The number of carbonyl (C=O) groups is 3. The Labute approximate surface area is 168 Å². The number of benzene rings is 1. The maximum atomic E-state index is 12.8. The van der Waals surface area contributed by atoms with Crippen molar-refractivity contribution < 1.29 is 19.5 Å². The molecular weight excluding hydrogens is 372 g/mol. The average Bonchev–Trinajstić information content (AvgIpc) is 3.18. The van der Waals surface area contributed by atoms with E-state index in [1.807, 2.05) is 30.3 Å². The van der Waals surface area contributed by atoms with Gasteiger partial charge in [-0.15, -0.1) is 0 Å². The second-order valence-electron chi connectivity index (χ2n) is 7.34. The van der Waals surface area contributed by atoms with Crippen LogP contribution in [-0.2, 0) is 9.59 Å². The second kappa shape index (κ2) is 9.47. The minimum absolute atomic E-state index is 0.221. The van der Waals surface area contributed by atoms with Crippen LogP contribution in [0.5, 0.6) is 0 Å². The fourth-order valence-electron chi connectivity index (χ4n) is 3.73. The molecule has 0 spiro atoms. The molecular formula is C21H26N4O4. The van der Waals surface area contributed by atoms with E-state index >= 15 is 0 Å². The fourth-order valence-corrected chi connectivity index (χ4v) is 3.73. The van der Waals surface area contributed by atoms with Crippen LogP contribution in [0.1, 0.15) is 42.6 Å². The van der Waals surface area contributed by atoms with Gasteiger partial charge in [0, 0.05) is 11.4 Å². The second-order valence-corrected chi connectivity index (χ2v) is 7.34. The smallest absolute Gasteiger partial charge is 0.308 e. The summed E-state index contributed by atoms with van der Waals surface area (Å²) in [4.78, 5) is 41.2. The number of amides is 2. The van der Waals surface area contributed by atoms with E-state index in [0.717, 1.165) is 11.8 Å². The van der Waals surface area contributed by atoms with Gasteiger partial charge in [0.05, 0.1) is 11.4 Å². The Morgan fingerprint density at radius 3 is 2.72 bits per heavy atom. The summed E-state index contributed by atoms with van der Waals surface area (Å²) in [5.41, 5.74) is 6.49. The van der Waals surface area contributed by atoms with Crippen molar-refractivity contribution in [2.75, 3.05) is 6.54 Å². The summed E-state index contributed by atoms with van der Waals surface area (Å²) in [5.74, 6) is -2.33. The molecule has 29 heavy (non-hydrogen) atoms. The molecule has 2 amide bonds. The van der Waals surface area contributed by atoms with Gasteiger partial charge in [0.25, 0.3) is 5.91 Å². The van der Waals surface area contributed by atoms with Crippen molar-refractivity contribution in [2.24, 2.45) is 11.7 Å². The average molecular weight is 398 g/mol. The van der Waals surface area contributed by atoms with Gasteiger partial charge < -0.3 is 21.5 Å². The van der Waals surface area contributed by atoms with Crippen LogP contribution in [0.3, 0.4) is 0 Å². The van der Waals surface area contributed by atoms with Crippen LogP contribution < -0.4 is 16.4 Å². The molecule has 0 saturated heterocycles. The predicted molar refractivity (Wildman–Crippen MR) is 108 cm³/mol. The zero-order chi connectivity index (χ0) is 20.8. The fraction of sp³-hybridized carbons (Fsp3) is 0.429. The van der Waals surface area contributed by atoms with E-state index in [4.69, 9.17) is 5.73 Å². The molecule has 1 fully saturated rings. The molecule has 3 atom stereocenters. The van der Waals surface area contributed by atoms with Crippen molar-refractivity contribution in [3.63, 3.8) is 0 Å². The minimum Gasteiger partial charge on any atom is -0.481 e. The summed E-state index contributed by atoms with van der Waals surface area (Å²) in [7, 11) is 0. The summed E-state index contributed by atoms with van der Waals surface area (Å²) < 4.78 is 0.